The molecule has 0 aliphatic carbocycles. The Morgan fingerprint density at radius 2 is 2.05 bits per heavy atom. The number of nitrogens with zero attached hydrogens (tertiary/aromatic N) is 1. The summed E-state index contributed by atoms with van der Waals surface area (Å²) >= 11 is 0. The van der Waals surface area contributed by atoms with Crippen LogP contribution in [0.4, 0.5) is 0 Å². The summed E-state index contributed by atoms with van der Waals surface area (Å²) in [6, 6.07) is 7.79. The standard InChI is InChI=1S/C17H22N2O/c1-13-5-4-12-19(14(13)2)17(20)16-9-7-15(8-10-16)6-3-11-18/h7-10,13-14H,4-5,11-12,18H2,1-2H3. The van der Waals surface area contributed by atoms with E-state index in [-0.39, 0.29) is 5.91 Å². The molecule has 106 valence electrons. The van der Waals surface area contributed by atoms with Gasteiger partial charge in [-0.3, -0.25) is 4.79 Å². The molecule has 2 rings (SSSR count). The first-order chi connectivity index (χ1) is 9.63. The third kappa shape index (κ3) is 3.20. The smallest absolute Gasteiger partial charge is 0.254 e. The van der Waals surface area contributed by atoms with Crippen LogP contribution in [0.2, 0.25) is 0 Å². The topological polar surface area (TPSA) is 46.3 Å². The molecule has 2 unspecified atom stereocenters. The molecule has 1 amide bonds. The van der Waals surface area contributed by atoms with E-state index >= 15 is 0 Å². The molecule has 0 bridgehead atoms. The van der Waals surface area contributed by atoms with Gasteiger partial charge in [0, 0.05) is 23.7 Å². The summed E-state index contributed by atoms with van der Waals surface area (Å²) in [7, 11) is 0. The van der Waals surface area contributed by atoms with E-state index in [1.807, 2.05) is 29.2 Å². The van der Waals surface area contributed by atoms with E-state index in [1.54, 1.807) is 0 Å². The summed E-state index contributed by atoms with van der Waals surface area (Å²) in [6.07, 6.45) is 2.30. The number of piperidine rings is 1. The normalized spacial score (nSPS) is 22.1. The van der Waals surface area contributed by atoms with Gasteiger partial charge in [-0.1, -0.05) is 18.8 Å². The van der Waals surface area contributed by atoms with Crippen LogP contribution in [0, 0.1) is 17.8 Å². The first-order valence-electron chi connectivity index (χ1n) is 7.23. The van der Waals surface area contributed by atoms with E-state index < -0.39 is 0 Å². The Bertz CT molecular complexity index is 524. The van der Waals surface area contributed by atoms with Crippen LogP contribution in [0.1, 0.15) is 42.6 Å². The first kappa shape index (κ1) is 14.6. The minimum atomic E-state index is 0.127. The van der Waals surface area contributed by atoms with Gasteiger partial charge in [-0.2, -0.15) is 0 Å². The number of likely N-dealkylation sites (tertiary alicyclic amines) is 1. The van der Waals surface area contributed by atoms with Gasteiger partial charge in [0.1, 0.15) is 0 Å². The fourth-order valence-electron chi connectivity index (χ4n) is 2.64. The zero-order valence-corrected chi connectivity index (χ0v) is 12.2. The molecule has 1 aromatic rings. The van der Waals surface area contributed by atoms with Crippen molar-refractivity contribution in [1.29, 1.82) is 0 Å². The molecule has 3 nitrogen and oxygen atoms in total. The van der Waals surface area contributed by atoms with E-state index in [9.17, 15) is 4.79 Å². The second-order valence-corrected chi connectivity index (χ2v) is 5.44. The van der Waals surface area contributed by atoms with Gasteiger partial charge in [0.2, 0.25) is 0 Å². The summed E-state index contributed by atoms with van der Waals surface area (Å²) < 4.78 is 0. The minimum Gasteiger partial charge on any atom is -0.336 e. The third-order valence-corrected chi connectivity index (χ3v) is 4.10. The fourth-order valence-corrected chi connectivity index (χ4v) is 2.64. The lowest BCUT2D eigenvalue weighted by Gasteiger charge is -2.38. The highest BCUT2D eigenvalue weighted by molar-refractivity contribution is 5.94. The van der Waals surface area contributed by atoms with Crippen molar-refractivity contribution in [3.05, 3.63) is 35.4 Å². The van der Waals surface area contributed by atoms with E-state index in [0.717, 1.165) is 24.1 Å². The Morgan fingerprint density at radius 1 is 1.35 bits per heavy atom. The minimum absolute atomic E-state index is 0.127. The second-order valence-electron chi connectivity index (χ2n) is 5.44. The summed E-state index contributed by atoms with van der Waals surface area (Å²) in [4.78, 5) is 14.5. The maximum atomic E-state index is 12.6. The van der Waals surface area contributed by atoms with Crippen LogP contribution in [-0.4, -0.2) is 29.9 Å². The molecule has 1 heterocycles. The van der Waals surface area contributed by atoms with Gasteiger partial charge < -0.3 is 10.6 Å². The van der Waals surface area contributed by atoms with Crippen LogP contribution in [0.25, 0.3) is 0 Å². The molecule has 0 aromatic heterocycles. The van der Waals surface area contributed by atoms with Crippen molar-refractivity contribution in [2.24, 2.45) is 11.7 Å². The van der Waals surface area contributed by atoms with E-state index in [2.05, 4.69) is 25.7 Å². The number of hydrogen-bond donors (Lipinski definition) is 1. The van der Waals surface area contributed by atoms with Crippen LogP contribution < -0.4 is 5.73 Å². The summed E-state index contributed by atoms with van der Waals surface area (Å²) in [6.45, 7) is 5.57. The molecule has 0 saturated carbocycles. The maximum Gasteiger partial charge on any atom is 0.254 e. The number of amides is 1. The quantitative estimate of drug-likeness (QED) is 0.796. The molecule has 1 aliphatic heterocycles. The van der Waals surface area contributed by atoms with Crippen LogP contribution in [0.3, 0.4) is 0 Å². The lowest BCUT2D eigenvalue weighted by molar-refractivity contribution is 0.0551. The van der Waals surface area contributed by atoms with Gasteiger partial charge in [-0.15, -0.1) is 0 Å². The predicted molar refractivity (Wildman–Crippen MR) is 81.3 cm³/mol. The molecule has 0 spiro atoms. The van der Waals surface area contributed by atoms with Crippen molar-refractivity contribution < 1.29 is 4.79 Å². The number of hydrogen-bond acceptors (Lipinski definition) is 2. The molecule has 1 fully saturated rings. The first-order valence-corrected chi connectivity index (χ1v) is 7.23. The van der Waals surface area contributed by atoms with Crippen LogP contribution >= 0.6 is 0 Å². The van der Waals surface area contributed by atoms with Gasteiger partial charge in [0.05, 0.1) is 6.54 Å². The maximum absolute atomic E-state index is 12.6. The molecule has 1 aliphatic rings. The average molecular weight is 270 g/mol. The van der Waals surface area contributed by atoms with Gasteiger partial charge in [-0.25, -0.2) is 0 Å². The second kappa shape index (κ2) is 6.58. The van der Waals surface area contributed by atoms with Crippen LogP contribution in [-0.2, 0) is 0 Å². The third-order valence-electron chi connectivity index (χ3n) is 4.10. The zero-order valence-electron chi connectivity index (χ0n) is 12.2. The molecule has 1 saturated heterocycles. The van der Waals surface area contributed by atoms with Crippen molar-refractivity contribution in [3.63, 3.8) is 0 Å². The zero-order chi connectivity index (χ0) is 14.5. The molecule has 2 N–H and O–H groups in total. The van der Waals surface area contributed by atoms with E-state index in [4.69, 9.17) is 5.73 Å². The highest BCUT2D eigenvalue weighted by Crippen LogP contribution is 2.24. The largest absolute Gasteiger partial charge is 0.336 e. The summed E-state index contributed by atoms with van der Waals surface area (Å²) in [5.74, 6) is 6.48. The van der Waals surface area contributed by atoms with Crippen molar-refractivity contribution in [2.75, 3.05) is 13.1 Å². The van der Waals surface area contributed by atoms with Gasteiger partial charge in [0.15, 0.2) is 0 Å². The van der Waals surface area contributed by atoms with Crippen molar-refractivity contribution in [1.82, 2.24) is 4.90 Å². The fraction of sp³-hybridized carbons (Fsp3) is 0.471. The van der Waals surface area contributed by atoms with Gasteiger partial charge in [0.25, 0.3) is 5.91 Å². The van der Waals surface area contributed by atoms with E-state index in [1.165, 1.54) is 6.42 Å². The Labute approximate surface area is 121 Å². The highest BCUT2D eigenvalue weighted by atomic mass is 16.2. The Balaban J connectivity index is 2.12. The van der Waals surface area contributed by atoms with E-state index in [0.29, 0.717) is 18.5 Å². The Kier molecular flexibility index (Phi) is 4.81. The number of nitrogens with two attached hydrogens (primary N) is 1. The molecule has 1 aromatic carbocycles. The molecule has 3 heteroatoms. The highest BCUT2D eigenvalue weighted by Gasteiger charge is 2.28. The molecule has 0 radical (unpaired) electrons. The number of carbonyl (C=O) groups excluding carboxylic acids is 1. The van der Waals surface area contributed by atoms with Crippen LogP contribution in [0.15, 0.2) is 24.3 Å². The number of benzene rings is 1. The summed E-state index contributed by atoms with van der Waals surface area (Å²) in [5.41, 5.74) is 6.98. The van der Waals surface area contributed by atoms with Crippen molar-refractivity contribution in [3.8, 4) is 11.8 Å². The lowest BCUT2D eigenvalue weighted by atomic mass is 9.91. The predicted octanol–water partition coefficient (Wildman–Crippen LogP) is 2.26. The number of carbonyl (C=O) groups is 1. The Morgan fingerprint density at radius 3 is 2.70 bits per heavy atom. The van der Waals surface area contributed by atoms with Crippen molar-refractivity contribution in [2.45, 2.75) is 32.7 Å². The van der Waals surface area contributed by atoms with Crippen LogP contribution in [0.5, 0.6) is 0 Å². The molecular formula is C17H22N2O. The molecule has 20 heavy (non-hydrogen) atoms. The monoisotopic (exact) mass is 270 g/mol. The van der Waals surface area contributed by atoms with Crippen molar-refractivity contribution >= 4 is 5.91 Å². The molecular weight excluding hydrogens is 248 g/mol. The lowest BCUT2D eigenvalue weighted by Crippen LogP contribution is -2.46. The molecule has 2 atom stereocenters. The Hall–Kier alpha value is -1.79. The number of rotatable bonds is 1. The summed E-state index contributed by atoms with van der Waals surface area (Å²) in [5, 5.41) is 0. The SMILES string of the molecule is CC1CCCN(C(=O)c2ccc(C#CCN)cc2)C1C. The van der Waals surface area contributed by atoms with Gasteiger partial charge >= 0.3 is 0 Å². The average Bonchev–Trinajstić information content (AvgIpc) is 2.48. The van der Waals surface area contributed by atoms with Gasteiger partial charge in [-0.05, 0) is 49.9 Å².